The number of pyridine rings is 1. The van der Waals surface area contributed by atoms with Gasteiger partial charge in [0.25, 0.3) is 0 Å². The first-order chi connectivity index (χ1) is 23.6. The van der Waals surface area contributed by atoms with Crippen LogP contribution in [0.3, 0.4) is 0 Å². The first-order valence-electron chi connectivity index (χ1n) is 15.6. The lowest BCUT2D eigenvalue weighted by Crippen LogP contribution is -2.27. The third-order valence-corrected chi connectivity index (χ3v) is 9.52. The summed E-state index contributed by atoms with van der Waals surface area (Å²) in [6.45, 7) is 0.694. The van der Waals surface area contributed by atoms with E-state index in [-0.39, 0.29) is 23.7 Å². The van der Waals surface area contributed by atoms with Crippen molar-refractivity contribution in [2.75, 3.05) is 26.5 Å². The number of carbonyl (C=O) groups is 2. The Morgan fingerprint density at radius 3 is 2.04 bits per heavy atom. The second-order valence-corrected chi connectivity index (χ2v) is 13.0. The van der Waals surface area contributed by atoms with E-state index in [0.717, 1.165) is 16.0 Å². The third kappa shape index (κ3) is 7.20. The molecule has 2 amide bonds. The molecule has 7 nitrogen and oxygen atoms in total. The Morgan fingerprint density at radius 2 is 1.41 bits per heavy atom. The highest BCUT2D eigenvalue weighted by atomic mass is 32.1. The van der Waals surface area contributed by atoms with Gasteiger partial charge in [-0.2, -0.15) is 0 Å². The summed E-state index contributed by atoms with van der Waals surface area (Å²) >= 11 is 1.32. The second-order valence-electron chi connectivity index (χ2n) is 12.0. The molecule has 0 radical (unpaired) electrons. The number of nitrogens with one attached hydrogen (secondary N) is 1. The molecule has 0 aliphatic heterocycles. The Kier molecular flexibility index (Phi) is 9.80. The van der Waals surface area contributed by atoms with Gasteiger partial charge in [0.05, 0.1) is 17.5 Å². The molecule has 10 heteroatoms. The molecule has 6 aromatic rings. The van der Waals surface area contributed by atoms with E-state index in [1.54, 1.807) is 61.1 Å². The molecule has 0 atom stereocenters. The number of hydrogen-bond acceptors (Lipinski definition) is 5. The summed E-state index contributed by atoms with van der Waals surface area (Å²) < 4.78 is 31.7. The van der Waals surface area contributed by atoms with Crippen molar-refractivity contribution < 1.29 is 18.4 Å². The van der Waals surface area contributed by atoms with Gasteiger partial charge in [0.15, 0.2) is 5.78 Å². The highest BCUT2D eigenvalue weighted by molar-refractivity contribution is 7.22. The number of nitrogens with zero attached hydrogens (tertiary/aromatic N) is 3. The molecule has 49 heavy (non-hydrogen) atoms. The predicted molar refractivity (Wildman–Crippen MR) is 191 cm³/mol. The maximum Gasteiger partial charge on any atom is 0.321 e. The number of hydrogen-bond donors (Lipinski definition) is 1. The van der Waals surface area contributed by atoms with Crippen molar-refractivity contribution in [3.05, 3.63) is 159 Å². The topological polar surface area (TPSA) is 74.7 Å². The van der Waals surface area contributed by atoms with E-state index >= 15 is 8.78 Å². The predicted octanol–water partition coefficient (Wildman–Crippen LogP) is 8.01. The molecule has 0 aliphatic rings. The minimum absolute atomic E-state index is 0.0893. The quantitative estimate of drug-likeness (QED) is 0.149. The molecule has 0 unspecified atom stereocenters. The van der Waals surface area contributed by atoms with E-state index in [4.69, 9.17) is 0 Å². The van der Waals surface area contributed by atoms with Crippen molar-refractivity contribution in [3.63, 3.8) is 0 Å². The van der Waals surface area contributed by atoms with Crippen LogP contribution in [0.4, 0.5) is 19.3 Å². The van der Waals surface area contributed by atoms with E-state index in [1.807, 2.05) is 49.5 Å². The molecule has 0 fully saturated rings. The molecule has 4 aromatic carbocycles. The maximum absolute atomic E-state index is 15.0. The number of ketones is 1. The van der Waals surface area contributed by atoms with Crippen LogP contribution in [0.5, 0.6) is 0 Å². The van der Waals surface area contributed by atoms with Crippen molar-refractivity contribution in [2.24, 2.45) is 0 Å². The van der Waals surface area contributed by atoms with E-state index in [0.29, 0.717) is 40.1 Å². The fourth-order valence-electron chi connectivity index (χ4n) is 5.72. The fraction of sp³-hybridized carbons (Fsp3) is 0.154. The Bertz CT molecular complexity index is 2180. The van der Waals surface area contributed by atoms with Gasteiger partial charge in [0.2, 0.25) is 5.43 Å². The van der Waals surface area contributed by atoms with E-state index in [9.17, 15) is 14.4 Å². The Morgan fingerprint density at radius 1 is 0.776 bits per heavy atom. The Labute approximate surface area is 286 Å². The molecule has 248 valence electrons. The van der Waals surface area contributed by atoms with Gasteiger partial charge in [0, 0.05) is 55.1 Å². The number of rotatable bonds is 10. The number of thiophene rings is 1. The zero-order valence-corrected chi connectivity index (χ0v) is 28.1. The van der Waals surface area contributed by atoms with Gasteiger partial charge < -0.3 is 14.8 Å². The van der Waals surface area contributed by atoms with Crippen LogP contribution < -0.4 is 10.7 Å². The summed E-state index contributed by atoms with van der Waals surface area (Å²) in [6.07, 6.45) is 1.42. The number of benzene rings is 4. The summed E-state index contributed by atoms with van der Waals surface area (Å²) in [6, 6.07) is 29.1. The molecule has 0 saturated carbocycles. The third-order valence-electron chi connectivity index (χ3n) is 8.20. The fourth-order valence-corrected chi connectivity index (χ4v) is 7.01. The van der Waals surface area contributed by atoms with Crippen LogP contribution in [0.25, 0.3) is 20.7 Å². The van der Waals surface area contributed by atoms with Crippen LogP contribution in [0.15, 0.2) is 114 Å². The zero-order chi connectivity index (χ0) is 34.7. The van der Waals surface area contributed by atoms with Gasteiger partial charge in [-0.1, -0.05) is 78.9 Å². The number of carbonyl (C=O) groups excluding carboxylic acids is 2. The van der Waals surface area contributed by atoms with Crippen molar-refractivity contribution in [2.45, 2.75) is 19.6 Å². The van der Waals surface area contributed by atoms with Crippen LogP contribution in [-0.2, 0) is 19.6 Å². The number of urea groups is 1. The molecule has 1 N–H and O–H groups in total. The number of aromatic nitrogens is 1. The molecule has 2 aromatic heterocycles. The molecule has 6 rings (SSSR count). The Balaban J connectivity index is 1.56. The van der Waals surface area contributed by atoms with Gasteiger partial charge >= 0.3 is 6.03 Å². The molecular formula is C39H34F2N4O3S. The van der Waals surface area contributed by atoms with Crippen molar-refractivity contribution >= 4 is 39.1 Å². The zero-order valence-electron chi connectivity index (χ0n) is 27.2. The average molecular weight is 677 g/mol. The number of anilines is 1. The van der Waals surface area contributed by atoms with Gasteiger partial charge in [-0.3, -0.25) is 14.5 Å². The minimum atomic E-state index is -0.724. The summed E-state index contributed by atoms with van der Waals surface area (Å²) in [5.74, 6) is -1.93. The molecule has 0 saturated heterocycles. The normalized spacial score (nSPS) is 11.2. The lowest BCUT2D eigenvalue weighted by Gasteiger charge is -2.18. The maximum atomic E-state index is 15.0. The van der Waals surface area contributed by atoms with Crippen LogP contribution >= 0.6 is 11.3 Å². The molecule has 0 aliphatic carbocycles. The molecule has 2 heterocycles. The van der Waals surface area contributed by atoms with Crippen LogP contribution in [0.1, 0.15) is 32.6 Å². The SMILES string of the molecule is CN(Cc1ccccc1)Cc1c(-c2ccc(NC(=O)N(C)C)cc2)sc2c1c(=O)c(C(=O)c1ccccc1)cn2Cc1c(F)cccc1F. The molecule has 0 spiro atoms. The second kappa shape index (κ2) is 14.3. The number of fused-ring (bicyclic) bond motifs is 1. The summed E-state index contributed by atoms with van der Waals surface area (Å²) in [5, 5.41) is 3.15. The van der Waals surface area contributed by atoms with E-state index in [2.05, 4.69) is 10.2 Å². The monoisotopic (exact) mass is 676 g/mol. The summed E-state index contributed by atoms with van der Waals surface area (Å²) in [7, 11) is 5.25. The van der Waals surface area contributed by atoms with E-state index < -0.39 is 22.8 Å². The highest BCUT2D eigenvalue weighted by Crippen LogP contribution is 2.39. The summed E-state index contributed by atoms with van der Waals surface area (Å²) in [5.41, 5.74) is 2.77. The lowest BCUT2D eigenvalue weighted by atomic mass is 10.00. The van der Waals surface area contributed by atoms with Gasteiger partial charge in [-0.25, -0.2) is 13.6 Å². The number of amides is 2. The van der Waals surface area contributed by atoms with Gasteiger partial charge in [-0.15, -0.1) is 11.3 Å². The van der Waals surface area contributed by atoms with Gasteiger partial charge in [0.1, 0.15) is 16.5 Å². The van der Waals surface area contributed by atoms with Crippen LogP contribution in [0.2, 0.25) is 0 Å². The standard InChI is InChI=1S/C39H34F2N4O3S/c1-43(2)39(48)42-28-19-17-27(18-20-28)37-30(22-44(3)21-25-11-6-4-7-12-25)34-36(47)31(35(46)26-13-8-5-9-14-26)24-45(38(34)49-37)23-29-32(40)15-10-16-33(29)41/h4-20,24H,21-23H2,1-3H3,(H,42,48). The smallest absolute Gasteiger partial charge is 0.321 e. The lowest BCUT2D eigenvalue weighted by molar-refractivity contribution is 0.103. The van der Waals surface area contributed by atoms with Crippen molar-refractivity contribution in [1.82, 2.24) is 14.4 Å². The average Bonchev–Trinajstić information content (AvgIpc) is 3.47. The highest BCUT2D eigenvalue weighted by Gasteiger charge is 2.25. The first kappa shape index (κ1) is 33.5. The molecule has 0 bridgehead atoms. The number of halogens is 2. The van der Waals surface area contributed by atoms with Crippen molar-refractivity contribution in [3.8, 4) is 10.4 Å². The molecular weight excluding hydrogens is 643 g/mol. The first-order valence-corrected chi connectivity index (χ1v) is 16.4. The summed E-state index contributed by atoms with van der Waals surface area (Å²) in [4.78, 5) is 45.4. The van der Waals surface area contributed by atoms with Crippen LogP contribution in [-0.4, -0.2) is 47.3 Å². The van der Waals surface area contributed by atoms with Crippen molar-refractivity contribution in [1.29, 1.82) is 0 Å². The Hall–Kier alpha value is -5.45. The minimum Gasteiger partial charge on any atom is -0.334 e. The van der Waals surface area contributed by atoms with Gasteiger partial charge in [-0.05, 0) is 48.0 Å². The largest absolute Gasteiger partial charge is 0.334 e. The van der Waals surface area contributed by atoms with Crippen LogP contribution in [0, 0.1) is 11.6 Å². The van der Waals surface area contributed by atoms with E-state index in [1.165, 1.54) is 40.6 Å².